The number of benzene rings is 2. The van der Waals surface area contributed by atoms with Gasteiger partial charge in [-0.15, -0.1) is 0 Å². The van der Waals surface area contributed by atoms with Gasteiger partial charge in [0.25, 0.3) is 5.91 Å². The molecule has 0 spiro atoms. The Bertz CT molecular complexity index is 1030. The minimum atomic E-state index is -2.94. The second-order valence-corrected chi connectivity index (χ2v) is 6.98. The molecule has 0 aliphatic rings. The van der Waals surface area contributed by atoms with Gasteiger partial charge in [0.05, 0.1) is 30.3 Å². The molecular weight excluding hydrogens is 404 g/mol. The van der Waals surface area contributed by atoms with E-state index in [-0.39, 0.29) is 17.4 Å². The lowest BCUT2D eigenvalue weighted by Crippen LogP contribution is -2.26. The summed E-state index contributed by atoms with van der Waals surface area (Å²) >= 11 is 0. The normalized spacial score (nSPS) is 10.9. The predicted molar refractivity (Wildman–Crippen MR) is 113 cm³/mol. The highest BCUT2D eigenvalue weighted by molar-refractivity contribution is 5.95. The van der Waals surface area contributed by atoms with Crippen molar-refractivity contribution >= 4 is 5.91 Å². The van der Waals surface area contributed by atoms with Crippen LogP contribution in [0, 0.1) is 6.92 Å². The first-order valence-electron chi connectivity index (χ1n) is 9.96. The van der Waals surface area contributed by atoms with Crippen molar-refractivity contribution in [3.63, 3.8) is 0 Å². The molecule has 0 aliphatic carbocycles. The Labute approximate surface area is 179 Å². The maximum Gasteiger partial charge on any atom is 0.387 e. The van der Waals surface area contributed by atoms with Crippen LogP contribution in [0.1, 0.15) is 34.1 Å². The van der Waals surface area contributed by atoms with E-state index in [2.05, 4.69) is 15.2 Å². The van der Waals surface area contributed by atoms with Crippen LogP contribution in [0.4, 0.5) is 8.78 Å². The number of ether oxygens (including phenoxy) is 2. The van der Waals surface area contributed by atoms with Crippen molar-refractivity contribution in [3.05, 3.63) is 71.0 Å². The molecule has 31 heavy (non-hydrogen) atoms. The van der Waals surface area contributed by atoms with Gasteiger partial charge < -0.3 is 14.8 Å². The number of hydrogen-bond acceptors (Lipinski definition) is 4. The number of alkyl halides is 2. The Morgan fingerprint density at radius 1 is 1.16 bits per heavy atom. The van der Waals surface area contributed by atoms with Crippen molar-refractivity contribution in [2.45, 2.75) is 33.3 Å². The van der Waals surface area contributed by atoms with Gasteiger partial charge in [0.2, 0.25) is 0 Å². The summed E-state index contributed by atoms with van der Waals surface area (Å²) < 4.78 is 36.5. The standard InChI is InChI=1S/C23H25F2N3O3/c1-4-19-18(14-27-28(19)17-8-5-15(2)6-9-17)22(29)26-12-11-16-7-10-20(30-3)21(13-16)31-23(24)25/h5-10,13-14,23H,4,11-12H2,1-3H3,(H,26,29). The van der Waals surface area contributed by atoms with Gasteiger partial charge in [-0.05, 0) is 49.6 Å². The quantitative estimate of drug-likeness (QED) is 0.550. The zero-order chi connectivity index (χ0) is 22.4. The number of nitrogens with zero attached hydrogens (tertiary/aromatic N) is 2. The van der Waals surface area contributed by atoms with Crippen molar-refractivity contribution in [1.29, 1.82) is 0 Å². The maximum atomic E-state index is 12.7. The van der Waals surface area contributed by atoms with Crippen LogP contribution in [0.2, 0.25) is 0 Å². The monoisotopic (exact) mass is 429 g/mol. The smallest absolute Gasteiger partial charge is 0.387 e. The fraction of sp³-hybridized carbons (Fsp3) is 0.304. The number of nitrogens with one attached hydrogen (secondary N) is 1. The van der Waals surface area contributed by atoms with Gasteiger partial charge in [-0.1, -0.05) is 30.7 Å². The van der Waals surface area contributed by atoms with Gasteiger partial charge in [-0.25, -0.2) is 4.68 Å². The molecule has 0 aliphatic heterocycles. The average Bonchev–Trinajstić information content (AvgIpc) is 3.18. The lowest BCUT2D eigenvalue weighted by Gasteiger charge is -2.12. The highest BCUT2D eigenvalue weighted by Crippen LogP contribution is 2.29. The van der Waals surface area contributed by atoms with Crippen molar-refractivity contribution < 1.29 is 23.0 Å². The van der Waals surface area contributed by atoms with E-state index in [0.29, 0.717) is 24.9 Å². The number of halogens is 2. The molecule has 0 saturated heterocycles. The van der Waals surface area contributed by atoms with Crippen LogP contribution >= 0.6 is 0 Å². The summed E-state index contributed by atoms with van der Waals surface area (Å²) in [5.74, 6) is -0.0362. The average molecular weight is 429 g/mol. The van der Waals surface area contributed by atoms with Crippen molar-refractivity contribution in [2.75, 3.05) is 13.7 Å². The third-order valence-corrected chi connectivity index (χ3v) is 4.87. The summed E-state index contributed by atoms with van der Waals surface area (Å²) in [5.41, 5.74) is 4.11. The second kappa shape index (κ2) is 10.1. The minimum Gasteiger partial charge on any atom is -0.493 e. The molecule has 0 radical (unpaired) electrons. The molecule has 8 heteroatoms. The number of methoxy groups -OCH3 is 1. The SMILES string of the molecule is CCc1c(C(=O)NCCc2ccc(OC)c(OC(F)F)c2)cnn1-c1ccc(C)cc1. The first kappa shape index (κ1) is 22.3. The number of hydrogen-bond donors (Lipinski definition) is 1. The lowest BCUT2D eigenvalue weighted by molar-refractivity contribution is -0.0512. The summed E-state index contributed by atoms with van der Waals surface area (Å²) in [6.07, 6.45) is 2.66. The molecule has 0 saturated carbocycles. The van der Waals surface area contributed by atoms with Gasteiger partial charge in [-0.3, -0.25) is 4.79 Å². The van der Waals surface area contributed by atoms with Crippen LogP contribution in [0.5, 0.6) is 11.5 Å². The van der Waals surface area contributed by atoms with Crippen molar-refractivity contribution in [3.8, 4) is 17.2 Å². The molecule has 0 bridgehead atoms. The lowest BCUT2D eigenvalue weighted by atomic mass is 10.1. The fourth-order valence-corrected chi connectivity index (χ4v) is 3.29. The van der Waals surface area contributed by atoms with Gasteiger partial charge in [0, 0.05) is 6.54 Å². The summed E-state index contributed by atoms with van der Waals surface area (Å²) in [5, 5.41) is 7.26. The fourth-order valence-electron chi connectivity index (χ4n) is 3.29. The number of carbonyl (C=O) groups is 1. The molecule has 1 amide bonds. The highest BCUT2D eigenvalue weighted by Gasteiger charge is 2.17. The molecule has 2 aromatic carbocycles. The second-order valence-electron chi connectivity index (χ2n) is 6.98. The zero-order valence-electron chi connectivity index (χ0n) is 17.7. The van der Waals surface area contributed by atoms with Crippen LogP contribution in [0.3, 0.4) is 0 Å². The third-order valence-electron chi connectivity index (χ3n) is 4.87. The minimum absolute atomic E-state index is 0.0334. The van der Waals surface area contributed by atoms with E-state index in [4.69, 9.17) is 4.74 Å². The molecule has 0 unspecified atom stereocenters. The van der Waals surface area contributed by atoms with E-state index < -0.39 is 6.61 Å². The van der Waals surface area contributed by atoms with E-state index in [0.717, 1.165) is 22.5 Å². The molecule has 1 N–H and O–H groups in total. The molecule has 1 heterocycles. The van der Waals surface area contributed by atoms with Crippen LogP contribution in [0.25, 0.3) is 5.69 Å². The Morgan fingerprint density at radius 3 is 2.55 bits per heavy atom. The van der Waals surface area contributed by atoms with Gasteiger partial charge >= 0.3 is 6.61 Å². The summed E-state index contributed by atoms with van der Waals surface area (Å²) in [6, 6.07) is 12.7. The molecule has 3 rings (SSSR count). The zero-order valence-corrected chi connectivity index (χ0v) is 17.7. The van der Waals surface area contributed by atoms with Gasteiger partial charge in [0.15, 0.2) is 11.5 Å². The van der Waals surface area contributed by atoms with Crippen LogP contribution in [-0.4, -0.2) is 36.0 Å². The molecule has 0 atom stereocenters. The van der Waals surface area contributed by atoms with E-state index in [1.807, 2.05) is 38.1 Å². The van der Waals surface area contributed by atoms with E-state index >= 15 is 0 Å². The molecule has 164 valence electrons. The number of aromatic nitrogens is 2. The van der Waals surface area contributed by atoms with E-state index in [1.165, 1.54) is 13.2 Å². The Balaban J connectivity index is 1.67. The van der Waals surface area contributed by atoms with Crippen molar-refractivity contribution in [1.82, 2.24) is 15.1 Å². The van der Waals surface area contributed by atoms with E-state index in [1.54, 1.807) is 23.0 Å². The topological polar surface area (TPSA) is 65.4 Å². The largest absolute Gasteiger partial charge is 0.493 e. The van der Waals surface area contributed by atoms with Crippen molar-refractivity contribution in [2.24, 2.45) is 0 Å². The maximum absolute atomic E-state index is 12.7. The third kappa shape index (κ3) is 5.39. The first-order valence-corrected chi connectivity index (χ1v) is 9.96. The Kier molecular flexibility index (Phi) is 7.23. The number of aryl methyl sites for hydroxylation is 1. The molecule has 0 fully saturated rings. The number of rotatable bonds is 9. The highest BCUT2D eigenvalue weighted by atomic mass is 19.3. The predicted octanol–water partition coefficient (Wildman–Crippen LogP) is 4.33. The Morgan fingerprint density at radius 2 is 1.90 bits per heavy atom. The summed E-state index contributed by atoms with van der Waals surface area (Å²) in [6.45, 7) is 1.37. The number of amides is 1. The first-order chi connectivity index (χ1) is 14.9. The van der Waals surface area contributed by atoms with Crippen LogP contribution in [-0.2, 0) is 12.8 Å². The van der Waals surface area contributed by atoms with E-state index in [9.17, 15) is 13.6 Å². The Hall–Kier alpha value is -3.42. The summed E-state index contributed by atoms with van der Waals surface area (Å²) in [4.78, 5) is 12.7. The molecule has 3 aromatic rings. The number of carbonyl (C=O) groups excluding carboxylic acids is 1. The van der Waals surface area contributed by atoms with Gasteiger partial charge in [0.1, 0.15) is 0 Å². The molecule has 1 aromatic heterocycles. The summed E-state index contributed by atoms with van der Waals surface area (Å²) in [7, 11) is 1.38. The van der Waals surface area contributed by atoms with Crippen LogP contribution < -0.4 is 14.8 Å². The van der Waals surface area contributed by atoms with Crippen LogP contribution in [0.15, 0.2) is 48.7 Å². The molecular formula is C23H25F2N3O3. The molecule has 6 nitrogen and oxygen atoms in total. The van der Waals surface area contributed by atoms with Gasteiger partial charge in [-0.2, -0.15) is 13.9 Å².